The molecular weight excluding hydrogens is 250 g/mol. The molecule has 0 aromatic heterocycles. The highest BCUT2D eigenvalue weighted by Gasteiger charge is 2.24. The molecule has 1 fully saturated rings. The van der Waals surface area contributed by atoms with Crippen molar-refractivity contribution in [1.82, 2.24) is 4.90 Å². The quantitative estimate of drug-likeness (QED) is 0.837. The molecule has 1 heterocycles. The first-order chi connectivity index (χ1) is 8.72. The molecule has 1 aliphatic carbocycles. The summed E-state index contributed by atoms with van der Waals surface area (Å²) in [6.07, 6.45) is 2.75. The summed E-state index contributed by atoms with van der Waals surface area (Å²) < 4.78 is 10.9. The van der Waals surface area contributed by atoms with Crippen molar-refractivity contribution >= 4 is 11.6 Å². The highest BCUT2D eigenvalue weighted by molar-refractivity contribution is 6.30. The molecule has 0 atom stereocenters. The van der Waals surface area contributed by atoms with Crippen LogP contribution in [0.2, 0.25) is 5.02 Å². The lowest BCUT2D eigenvalue weighted by molar-refractivity contribution is -0.0174. The molecule has 0 radical (unpaired) electrons. The first-order valence-corrected chi connectivity index (χ1v) is 6.80. The van der Waals surface area contributed by atoms with E-state index in [0.717, 1.165) is 35.3 Å². The zero-order valence-corrected chi connectivity index (χ0v) is 11.4. The molecule has 0 amide bonds. The lowest BCUT2D eigenvalue weighted by atomic mass is 10.1. The van der Waals surface area contributed by atoms with Crippen LogP contribution in [0.15, 0.2) is 12.1 Å². The number of hydrogen-bond donors (Lipinski definition) is 0. The third-order valence-corrected chi connectivity index (χ3v) is 3.68. The molecule has 98 valence electrons. The maximum atomic E-state index is 6.15. The molecule has 1 aromatic carbocycles. The predicted octanol–water partition coefficient (Wildman–Crippen LogP) is 3.05. The fraction of sp³-hybridized carbons (Fsp3) is 0.571. The van der Waals surface area contributed by atoms with Crippen LogP contribution in [-0.4, -0.2) is 25.3 Å². The van der Waals surface area contributed by atoms with Crippen LogP contribution in [0.25, 0.3) is 0 Å². The summed E-state index contributed by atoms with van der Waals surface area (Å²) in [6, 6.07) is 3.94. The first-order valence-electron chi connectivity index (χ1n) is 6.43. The van der Waals surface area contributed by atoms with Gasteiger partial charge in [-0.25, -0.2) is 0 Å². The van der Waals surface area contributed by atoms with Crippen LogP contribution in [0, 0.1) is 5.92 Å². The number of hydrogen-bond acceptors (Lipinski definition) is 3. The Kier molecular flexibility index (Phi) is 3.46. The average Bonchev–Trinajstić information content (AvgIpc) is 3.12. The van der Waals surface area contributed by atoms with Gasteiger partial charge in [-0.3, -0.25) is 0 Å². The second-order valence-electron chi connectivity index (χ2n) is 5.30. The summed E-state index contributed by atoms with van der Waals surface area (Å²) in [4.78, 5) is 2.35. The highest BCUT2D eigenvalue weighted by Crippen LogP contribution is 2.34. The standard InChI is InChI=1S/C14H18ClNO2/c1-16(6-10-2-3-10)7-11-4-13(15)5-12-8-17-9-18-14(11)12/h4-5,10H,2-3,6-9H2,1H3. The molecule has 1 aromatic rings. The Bertz CT molecular complexity index is 446. The minimum atomic E-state index is 0.341. The number of halogens is 1. The van der Waals surface area contributed by atoms with Crippen molar-refractivity contribution in [2.45, 2.75) is 26.0 Å². The van der Waals surface area contributed by atoms with Crippen LogP contribution in [0.5, 0.6) is 5.75 Å². The zero-order valence-electron chi connectivity index (χ0n) is 10.6. The number of ether oxygens (including phenoxy) is 2. The van der Waals surface area contributed by atoms with Crippen molar-refractivity contribution in [3.05, 3.63) is 28.3 Å². The van der Waals surface area contributed by atoms with Gasteiger partial charge in [0.1, 0.15) is 5.75 Å². The van der Waals surface area contributed by atoms with Gasteiger partial charge < -0.3 is 14.4 Å². The van der Waals surface area contributed by atoms with E-state index in [-0.39, 0.29) is 0 Å². The molecule has 18 heavy (non-hydrogen) atoms. The molecular formula is C14H18ClNO2. The van der Waals surface area contributed by atoms with Crippen molar-refractivity contribution in [3.8, 4) is 5.75 Å². The molecule has 1 saturated carbocycles. The lowest BCUT2D eigenvalue weighted by Gasteiger charge is -2.24. The Hall–Kier alpha value is -0.770. The van der Waals surface area contributed by atoms with E-state index in [1.54, 1.807) is 0 Å². The number of benzene rings is 1. The lowest BCUT2D eigenvalue weighted by Crippen LogP contribution is -2.22. The van der Waals surface area contributed by atoms with Crippen LogP contribution >= 0.6 is 11.6 Å². The number of rotatable bonds is 4. The second kappa shape index (κ2) is 5.08. The Morgan fingerprint density at radius 2 is 2.22 bits per heavy atom. The molecule has 0 bridgehead atoms. The molecule has 1 aliphatic heterocycles. The third kappa shape index (κ3) is 2.79. The van der Waals surface area contributed by atoms with Gasteiger partial charge in [0.05, 0.1) is 6.61 Å². The van der Waals surface area contributed by atoms with Gasteiger partial charge in [-0.05, 0) is 37.9 Å². The zero-order chi connectivity index (χ0) is 12.5. The fourth-order valence-corrected chi connectivity index (χ4v) is 2.73. The van der Waals surface area contributed by atoms with Crippen molar-refractivity contribution in [1.29, 1.82) is 0 Å². The van der Waals surface area contributed by atoms with Crippen molar-refractivity contribution < 1.29 is 9.47 Å². The van der Waals surface area contributed by atoms with Crippen molar-refractivity contribution in [2.24, 2.45) is 5.92 Å². The Morgan fingerprint density at radius 3 is 3.00 bits per heavy atom. The number of nitrogens with zero attached hydrogens (tertiary/aromatic N) is 1. The van der Waals surface area contributed by atoms with E-state index < -0.39 is 0 Å². The van der Waals surface area contributed by atoms with Crippen LogP contribution in [0.4, 0.5) is 0 Å². The summed E-state index contributed by atoms with van der Waals surface area (Å²) in [7, 11) is 2.16. The van der Waals surface area contributed by atoms with E-state index in [1.807, 2.05) is 12.1 Å². The van der Waals surface area contributed by atoms with Gasteiger partial charge in [0.15, 0.2) is 6.79 Å². The van der Waals surface area contributed by atoms with E-state index >= 15 is 0 Å². The Balaban J connectivity index is 1.78. The normalized spacial score (nSPS) is 18.6. The SMILES string of the molecule is CN(Cc1cc(Cl)cc2c1OCOC2)CC1CC1. The van der Waals surface area contributed by atoms with Crippen molar-refractivity contribution in [2.75, 3.05) is 20.4 Å². The van der Waals surface area contributed by atoms with Gasteiger partial charge in [0, 0.05) is 29.2 Å². The van der Waals surface area contributed by atoms with Gasteiger partial charge in [0.25, 0.3) is 0 Å². The monoisotopic (exact) mass is 267 g/mol. The van der Waals surface area contributed by atoms with Crippen molar-refractivity contribution in [3.63, 3.8) is 0 Å². The maximum absolute atomic E-state index is 6.15. The smallest absolute Gasteiger partial charge is 0.189 e. The average molecular weight is 268 g/mol. The predicted molar refractivity (Wildman–Crippen MR) is 70.8 cm³/mol. The van der Waals surface area contributed by atoms with E-state index in [1.165, 1.54) is 18.4 Å². The highest BCUT2D eigenvalue weighted by atomic mass is 35.5. The molecule has 0 saturated heterocycles. The third-order valence-electron chi connectivity index (χ3n) is 3.46. The number of fused-ring (bicyclic) bond motifs is 1. The van der Waals surface area contributed by atoms with E-state index in [0.29, 0.717) is 13.4 Å². The largest absolute Gasteiger partial charge is 0.467 e. The minimum Gasteiger partial charge on any atom is -0.467 e. The van der Waals surface area contributed by atoms with E-state index in [2.05, 4.69) is 11.9 Å². The molecule has 2 aliphatic rings. The molecule has 3 nitrogen and oxygen atoms in total. The van der Waals surface area contributed by atoms with E-state index in [4.69, 9.17) is 21.1 Å². The molecule has 0 unspecified atom stereocenters. The van der Waals surface area contributed by atoms with Gasteiger partial charge >= 0.3 is 0 Å². The Labute approximate surface area is 113 Å². The summed E-state index contributed by atoms with van der Waals surface area (Å²) in [5, 5.41) is 0.762. The van der Waals surface area contributed by atoms with Crippen LogP contribution in [-0.2, 0) is 17.9 Å². The summed E-state index contributed by atoms with van der Waals surface area (Å²) >= 11 is 6.15. The van der Waals surface area contributed by atoms with Gasteiger partial charge in [-0.15, -0.1) is 0 Å². The second-order valence-corrected chi connectivity index (χ2v) is 5.74. The molecule has 0 N–H and O–H groups in total. The van der Waals surface area contributed by atoms with E-state index in [9.17, 15) is 0 Å². The van der Waals surface area contributed by atoms with Gasteiger partial charge in [0.2, 0.25) is 0 Å². The van der Waals surface area contributed by atoms with Gasteiger partial charge in [-0.1, -0.05) is 11.6 Å². The first kappa shape index (κ1) is 12.3. The minimum absolute atomic E-state index is 0.341. The maximum Gasteiger partial charge on any atom is 0.189 e. The molecule has 4 heteroatoms. The molecule has 0 spiro atoms. The summed E-state index contributed by atoms with van der Waals surface area (Å²) in [5.74, 6) is 1.86. The summed E-state index contributed by atoms with van der Waals surface area (Å²) in [5.41, 5.74) is 2.23. The molecule has 3 rings (SSSR count). The topological polar surface area (TPSA) is 21.7 Å². The van der Waals surface area contributed by atoms with Crippen LogP contribution < -0.4 is 4.74 Å². The van der Waals surface area contributed by atoms with Gasteiger partial charge in [-0.2, -0.15) is 0 Å². The summed E-state index contributed by atoms with van der Waals surface area (Å²) in [6.45, 7) is 2.99. The Morgan fingerprint density at radius 1 is 1.39 bits per heavy atom. The van der Waals surface area contributed by atoms with Crippen LogP contribution in [0.1, 0.15) is 24.0 Å². The fourth-order valence-electron chi connectivity index (χ4n) is 2.47. The van der Waals surface area contributed by atoms with Crippen LogP contribution in [0.3, 0.4) is 0 Å².